The second-order valence-electron chi connectivity index (χ2n) is 4.91. The summed E-state index contributed by atoms with van der Waals surface area (Å²) in [5.41, 5.74) is 9.45. The first-order valence-electron chi connectivity index (χ1n) is 6.86. The molecule has 0 fully saturated rings. The lowest BCUT2D eigenvalue weighted by atomic mass is 10.0. The smallest absolute Gasteiger partial charge is 0.150 e. The number of ether oxygens (including phenoxy) is 1. The Bertz CT molecular complexity index is 615. The van der Waals surface area contributed by atoms with Crippen LogP contribution in [0.25, 0.3) is 0 Å². The van der Waals surface area contributed by atoms with E-state index in [2.05, 4.69) is 12.2 Å². The number of hydrogen-bond donors (Lipinski definition) is 1. The Hall–Kier alpha value is -2.55. The number of allylic oxidation sites excluding steroid dienone is 6. The molecule has 0 spiro atoms. The summed E-state index contributed by atoms with van der Waals surface area (Å²) in [6, 6.07) is 7.06. The highest BCUT2D eigenvalue weighted by molar-refractivity contribution is 5.74. The van der Waals surface area contributed by atoms with E-state index in [1.165, 1.54) is 5.57 Å². The molecular weight excluding hydrogens is 262 g/mol. The number of hydrogen-bond acceptors (Lipinski definition) is 3. The molecule has 2 rings (SSSR count). The van der Waals surface area contributed by atoms with E-state index in [9.17, 15) is 4.79 Å². The van der Waals surface area contributed by atoms with Crippen LogP contribution in [0, 0.1) is 0 Å². The zero-order valence-electron chi connectivity index (χ0n) is 12.1. The van der Waals surface area contributed by atoms with Crippen LogP contribution in [0.5, 0.6) is 5.75 Å². The summed E-state index contributed by atoms with van der Waals surface area (Å²) in [5, 5.41) is 0. The largest absolute Gasteiger partial charge is 0.489 e. The Labute approximate surface area is 125 Å². The maximum atomic E-state index is 10.6. The summed E-state index contributed by atoms with van der Waals surface area (Å²) in [4.78, 5) is 10.6. The van der Waals surface area contributed by atoms with Gasteiger partial charge in [-0.2, -0.15) is 0 Å². The molecule has 0 aliphatic heterocycles. The molecule has 108 valence electrons. The molecule has 1 aromatic carbocycles. The molecule has 1 aliphatic rings. The van der Waals surface area contributed by atoms with Gasteiger partial charge in [0, 0.05) is 11.3 Å². The molecule has 0 saturated carbocycles. The molecule has 2 N–H and O–H groups in total. The van der Waals surface area contributed by atoms with E-state index in [-0.39, 0.29) is 0 Å². The van der Waals surface area contributed by atoms with Crippen molar-refractivity contribution in [2.24, 2.45) is 5.73 Å². The summed E-state index contributed by atoms with van der Waals surface area (Å²) in [6.07, 6.45) is 11.9. The van der Waals surface area contributed by atoms with Crippen LogP contribution in [0.4, 0.5) is 0 Å². The van der Waals surface area contributed by atoms with Crippen molar-refractivity contribution in [3.8, 4) is 5.75 Å². The van der Waals surface area contributed by atoms with Crippen molar-refractivity contribution >= 4 is 6.29 Å². The molecule has 0 atom stereocenters. The molecule has 0 radical (unpaired) electrons. The Kier molecular flexibility index (Phi) is 5.16. The monoisotopic (exact) mass is 281 g/mol. The summed E-state index contributed by atoms with van der Waals surface area (Å²) < 4.78 is 5.79. The van der Waals surface area contributed by atoms with Gasteiger partial charge < -0.3 is 10.5 Å². The van der Waals surface area contributed by atoms with E-state index in [0.29, 0.717) is 12.2 Å². The van der Waals surface area contributed by atoms with Gasteiger partial charge in [0.1, 0.15) is 18.6 Å². The predicted molar refractivity (Wildman–Crippen MR) is 85.2 cm³/mol. The molecule has 3 heteroatoms. The second-order valence-corrected chi connectivity index (χ2v) is 4.91. The Morgan fingerprint density at radius 2 is 2.05 bits per heavy atom. The number of carbonyl (C=O) groups excluding carboxylic acids is 1. The van der Waals surface area contributed by atoms with Crippen molar-refractivity contribution in [3.05, 3.63) is 77.1 Å². The molecule has 21 heavy (non-hydrogen) atoms. The Morgan fingerprint density at radius 1 is 1.29 bits per heavy atom. The van der Waals surface area contributed by atoms with Crippen LogP contribution in [-0.4, -0.2) is 12.9 Å². The maximum Gasteiger partial charge on any atom is 0.150 e. The van der Waals surface area contributed by atoms with E-state index in [1.807, 2.05) is 25.2 Å². The molecular formula is C18H19NO2. The van der Waals surface area contributed by atoms with Crippen molar-refractivity contribution in [2.75, 3.05) is 6.61 Å². The molecule has 1 aliphatic carbocycles. The van der Waals surface area contributed by atoms with Gasteiger partial charge in [0.15, 0.2) is 0 Å². The fourth-order valence-electron chi connectivity index (χ4n) is 2.06. The van der Waals surface area contributed by atoms with Gasteiger partial charge in [0.25, 0.3) is 0 Å². The number of carbonyl (C=O) groups is 1. The first-order valence-corrected chi connectivity index (χ1v) is 6.86. The molecule has 0 unspecified atom stereocenters. The molecule has 0 saturated heterocycles. The van der Waals surface area contributed by atoms with Crippen molar-refractivity contribution in [2.45, 2.75) is 13.3 Å². The Balaban J connectivity index is 2.12. The standard InChI is InChI=1S/C18H19NO2/c1-14(19)11-17(16-5-3-2-4-6-16)13-21-18-9-7-15(12-20)8-10-18/h2-5,7-12H,6,13,19H2,1H3/b14-11-,17-16+. The van der Waals surface area contributed by atoms with Crippen LogP contribution in [0.2, 0.25) is 0 Å². The Morgan fingerprint density at radius 3 is 2.62 bits per heavy atom. The van der Waals surface area contributed by atoms with Crippen LogP contribution in [-0.2, 0) is 0 Å². The van der Waals surface area contributed by atoms with Gasteiger partial charge in [-0.05, 0) is 54.8 Å². The average molecular weight is 281 g/mol. The predicted octanol–water partition coefficient (Wildman–Crippen LogP) is 3.55. The van der Waals surface area contributed by atoms with Gasteiger partial charge in [-0.3, -0.25) is 4.79 Å². The first-order chi connectivity index (χ1) is 10.2. The van der Waals surface area contributed by atoms with Crippen molar-refractivity contribution < 1.29 is 9.53 Å². The lowest BCUT2D eigenvalue weighted by Crippen LogP contribution is -2.05. The van der Waals surface area contributed by atoms with Crippen molar-refractivity contribution in [1.82, 2.24) is 0 Å². The molecule has 0 bridgehead atoms. The second kappa shape index (κ2) is 7.29. The highest BCUT2D eigenvalue weighted by Crippen LogP contribution is 2.19. The summed E-state index contributed by atoms with van der Waals surface area (Å²) in [7, 11) is 0. The van der Waals surface area contributed by atoms with Crippen LogP contribution in [0.1, 0.15) is 23.7 Å². The van der Waals surface area contributed by atoms with Gasteiger partial charge >= 0.3 is 0 Å². The van der Waals surface area contributed by atoms with Crippen molar-refractivity contribution in [1.29, 1.82) is 0 Å². The third-order valence-corrected chi connectivity index (χ3v) is 3.11. The summed E-state index contributed by atoms with van der Waals surface area (Å²) in [5.74, 6) is 0.733. The topological polar surface area (TPSA) is 52.3 Å². The zero-order chi connectivity index (χ0) is 15.1. The highest BCUT2D eigenvalue weighted by Gasteiger charge is 2.05. The van der Waals surface area contributed by atoms with Crippen LogP contribution < -0.4 is 10.5 Å². The number of rotatable bonds is 5. The minimum Gasteiger partial charge on any atom is -0.489 e. The lowest BCUT2D eigenvalue weighted by Gasteiger charge is -2.12. The van der Waals surface area contributed by atoms with Crippen LogP contribution in [0.3, 0.4) is 0 Å². The minimum absolute atomic E-state index is 0.447. The van der Waals surface area contributed by atoms with E-state index in [0.717, 1.165) is 29.7 Å². The zero-order valence-corrected chi connectivity index (χ0v) is 12.1. The fourth-order valence-corrected chi connectivity index (χ4v) is 2.06. The van der Waals surface area contributed by atoms with Crippen LogP contribution in [0.15, 0.2) is 71.5 Å². The first kappa shape index (κ1) is 14.9. The maximum absolute atomic E-state index is 10.6. The minimum atomic E-state index is 0.447. The van der Waals surface area contributed by atoms with Crippen molar-refractivity contribution in [3.63, 3.8) is 0 Å². The SMILES string of the molecule is C/C(N)=C/C(COc1ccc(C=O)cc1)=C1/C=CC=CC1. The number of benzene rings is 1. The molecule has 0 amide bonds. The molecule has 0 heterocycles. The van der Waals surface area contributed by atoms with Crippen LogP contribution >= 0.6 is 0 Å². The molecule has 3 nitrogen and oxygen atoms in total. The molecule has 0 aromatic heterocycles. The lowest BCUT2D eigenvalue weighted by molar-refractivity contribution is 0.112. The van der Waals surface area contributed by atoms with Gasteiger partial charge in [0.05, 0.1) is 0 Å². The van der Waals surface area contributed by atoms with Gasteiger partial charge in [-0.1, -0.05) is 24.3 Å². The van der Waals surface area contributed by atoms with E-state index >= 15 is 0 Å². The third-order valence-electron chi connectivity index (χ3n) is 3.11. The van der Waals surface area contributed by atoms with Gasteiger partial charge in [0.2, 0.25) is 0 Å². The van der Waals surface area contributed by atoms with Gasteiger partial charge in [-0.15, -0.1) is 0 Å². The molecule has 1 aromatic rings. The number of nitrogens with two attached hydrogens (primary N) is 1. The van der Waals surface area contributed by atoms with Gasteiger partial charge in [-0.25, -0.2) is 0 Å². The normalized spacial score (nSPS) is 16.7. The van der Waals surface area contributed by atoms with E-state index < -0.39 is 0 Å². The van der Waals surface area contributed by atoms with E-state index in [4.69, 9.17) is 10.5 Å². The third kappa shape index (κ3) is 4.49. The fraction of sp³-hybridized carbons (Fsp3) is 0.167. The quantitative estimate of drug-likeness (QED) is 0.840. The highest BCUT2D eigenvalue weighted by atomic mass is 16.5. The van der Waals surface area contributed by atoms with E-state index in [1.54, 1.807) is 24.3 Å². The number of aldehydes is 1. The summed E-state index contributed by atoms with van der Waals surface area (Å²) >= 11 is 0. The summed E-state index contributed by atoms with van der Waals surface area (Å²) in [6.45, 7) is 2.31. The average Bonchev–Trinajstić information content (AvgIpc) is 2.52.